The van der Waals surface area contributed by atoms with E-state index >= 15 is 0 Å². The fraction of sp³-hybridized carbons (Fsp3) is 0.409. The number of amides is 1. The zero-order chi connectivity index (χ0) is 20.6. The van der Waals surface area contributed by atoms with Crippen LogP contribution in [0.15, 0.2) is 30.3 Å². The zero-order valence-electron chi connectivity index (χ0n) is 16.8. The number of rotatable bonds is 3. The van der Waals surface area contributed by atoms with E-state index < -0.39 is 5.60 Å². The van der Waals surface area contributed by atoms with Crippen LogP contribution in [-0.2, 0) is 4.74 Å². The molecular formula is C22H24N2O4S. The highest BCUT2D eigenvalue weighted by atomic mass is 32.1. The van der Waals surface area contributed by atoms with Crippen LogP contribution in [0.25, 0.3) is 21.0 Å². The normalized spacial score (nSPS) is 15.6. The molecule has 0 unspecified atom stereocenters. The minimum atomic E-state index is -0.481. The number of benzene rings is 2. The number of aromatic nitrogens is 1. The van der Waals surface area contributed by atoms with Crippen LogP contribution in [0.3, 0.4) is 0 Å². The predicted octanol–water partition coefficient (Wildman–Crippen LogP) is 5.04. The Balaban J connectivity index is 1.43. The molecule has 0 bridgehead atoms. The van der Waals surface area contributed by atoms with Crippen molar-refractivity contribution in [2.75, 3.05) is 13.1 Å². The number of aldehydes is 1. The summed E-state index contributed by atoms with van der Waals surface area (Å²) in [5.74, 6) is 0.804. The molecule has 1 aliphatic heterocycles. The monoisotopic (exact) mass is 412 g/mol. The molecule has 0 N–H and O–H groups in total. The van der Waals surface area contributed by atoms with Gasteiger partial charge >= 0.3 is 6.09 Å². The van der Waals surface area contributed by atoms with Gasteiger partial charge in [-0.1, -0.05) is 6.07 Å². The second-order valence-corrected chi connectivity index (χ2v) is 9.31. The van der Waals surface area contributed by atoms with Crippen molar-refractivity contribution in [3.63, 3.8) is 0 Å². The van der Waals surface area contributed by atoms with Crippen LogP contribution in [0.1, 0.15) is 43.4 Å². The van der Waals surface area contributed by atoms with Gasteiger partial charge in [0.1, 0.15) is 17.5 Å². The second-order valence-electron chi connectivity index (χ2n) is 8.25. The first-order valence-corrected chi connectivity index (χ1v) is 10.6. The molecule has 1 saturated heterocycles. The molecule has 0 radical (unpaired) electrons. The van der Waals surface area contributed by atoms with Crippen molar-refractivity contribution in [2.24, 2.45) is 0 Å². The van der Waals surface area contributed by atoms with Gasteiger partial charge in [-0.05, 0) is 50.4 Å². The van der Waals surface area contributed by atoms with Crippen LogP contribution in [0.2, 0.25) is 0 Å². The highest BCUT2D eigenvalue weighted by Crippen LogP contribution is 2.31. The molecule has 1 fully saturated rings. The largest absolute Gasteiger partial charge is 0.490 e. The third-order valence-corrected chi connectivity index (χ3v) is 5.81. The molecule has 1 amide bonds. The molecule has 0 atom stereocenters. The Hall–Kier alpha value is -2.67. The zero-order valence-corrected chi connectivity index (χ0v) is 17.6. The second kappa shape index (κ2) is 7.63. The van der Waals surface area contributed by atoms with Crippen LogP contribution in [0, 0.1) is 0 Å². The van der Waals surface area contributed by atoms with Crippen molar-refractivity contribution < 1.29 is 19.1 Å². The number of ether oxygens (including phenoxy) is 2. The lowest BCUT2D eigenvalue weighted by Gasteiger charge is -2.33. The van der Waals surface area contributed by atoms with Gasteiger partial charge in [-0.25, -0.2) is 9.78 Å². The van der Waals surface area contributed by atoms with Crippen LogP contribution in [0.4, 0.5) is 4.79 Å². The van der Waals surface area contributed by atoms with E-state index in [2.05, 4.69) is 4.98 Å². The topological polar surface area (TPSA) is 68.7 Å². The minimum absolute atomic E-state index is 0.0656. The van der Waals surface area contributed by atoms with Crippen LogP contribution in [0.5, 0.6) is 5.75 Å². The number of likely N-dealkylation sites (tertiary alicyclic amines) is 1. The molecule has 1 aliphatic rings. The summed E-state index contributed by atoms with van der Waals surface area (Å²) in [6.07, 6.45) is 2.13. The SMILES string of the molecule is CC(C)(C)OC(=O)N1CCC(Oc2ccc3c(ccc4sc(C=O)nc43)c2)CC1. The molecule has 2 aromatic carbocycles. The molecule has 1 aromatic heterocycles. The first-order chi connectivity index (χ1) is 13.8. The Bertz CT molecular complexity index is 1060. The summed E-state index contributed by atoms with van der Waals surface area (Å²) in [6.45, 7) is 6.88. The van der Waals surface area contributed by atoms with E-state index in [1.807, 2.05) is 51.1 Å². The van der Waals surface area contributed by atoms with Crippen molar-refractivity contribution in [3.8, 4) is 5.75 Å². The van der Waals surface area contributed by atoms with Gasteiger partial charge in [0.25, 0.3) is 0 Å². The number of carbonyl (C=O) groups is 2. The first-order valence-electron chi connectivity index (χ1n) is 9.75. The Morgan fingerprint density at radius 1 is 1.21 bits per heavy atom. The van der Waals surface area contributed by atoms with E-state index in [1.54, 1.807) is 4.90 Å². The van der Waals surface area contributed by atoms with Gasteiger partial charge in [0.2, 0.25) is 0 Å². The molecule has 0 saturated carbocycles. The predicted molar refractivity (Wildman–Crippen MR) is 114 cm³/mol. The van der Waals surface area contributed by atoms with E-state index in [0.717, 1.165) is 45.9 Å². The van der Waals surface area contributed by atoms with Gasteiger partial charge in [0.15, 0.2) is 11.3 Å². The maximum absolute atomic E-state index is 12.2. The quantitative estimate of drug-likeness (QED) is 0.564. The lowest BCUT2D eigenvalue weighted by molar-refractivity contribution is 0.0126. The summed E-state index contributed by atoms with van der Waals surface area (Å²) in [6, 6.07) is 9.97. The van der Waals surface area contributed by atoms with E-state index in [-0.39, 0.29) is 12.2 Å². The average molecular weight is 413 g/mol. The van der Waals surface area contributed by atoms with Gasteiger partial charge in [0.05, 0.1) is 10.2 Å². The molecule has 3 aromatic rings. The minimum Gasteiger partial charge on any atom is -0.490 e. The maximum Gasteiger partial charge on any atom is 0.410 e. The summed E-state index contributed by atoms with van der Waals surface area (Å²) in [5, 5.41) is 2.53. The lowest BCUT2D eigenvalue weighted by Crippen LogP contribution is -2.44. The maximum atomic E-state index is 12.2. The third-order valence-electron chi connectivity index (χ3n) is 4.86. The number of thiazole rings is 1. The van der Waals surface area contributed by atoms with Crippen molar-refractivity contribution >= 4 is 44.7 Å². The number of carbonyl (C=O) groups excluding carboxylic acids is 2. The summed E-state index contributed by atoms with van der Waals surface area (Å²) < 4.78 is 12.6. The smallest absolute Gasteiger partial charge is 0.410 e. The van der Waals surface area contributed by atoms with Crippen LogP contribution >= 0.6 is 11.3 Å². The van der Waals surface area contributed by atoms with Gasteiger partial charge in [0, 0.05) is 31.3 Å². The molecule has 29 heavy (non-hydrogen) atoms. The average Bonchev–Trinajstić information content (AvgIpc) is 3.11. The molecule has 2 heterocycles. The third kappa shape index (κ3) is 4.34. The summed E-state index contributed by atoms with van der Waals surface area (Å²) in [5.41, 5.74) is 0.372. The van der Waals surface area contributed by atoms with Gasteiger partial charge in [-0.2, -0.15) is 0 Å². The first kappa shape index (κ1) is 19.6. The van der Waals surface area contributed by atoms with E-state index in [9.17, 15) is 9.59 Å². The Morgan fingerprint density at radius 2 is 1.97 bits per heavy atom. The Labute approximate surface area is 173 Å². The number of piperidine rings is 1. The number of hydrogen-bond donors (Lipinski definition) is 0. The van der Waals surface area contributed by atoms with Crippen LogP contribution in [-0.4, -0.2) is 47.1 Å². The van der Waals surface area contributed by atoms with Crippen molar-refractivity contribution in [3.05, 3.63) is 35.3 Å². The van der Waals surface area contributed by atoms with E-state index in [0.29, 0.717) is 18.1 Å². The van der Waals surface area contributed by atoms with E-state index in [1.165, 1.54) is 11.3 Å². The molecule has 0 spiro atoms. The number of fused-ring (bicyclic) bond motifs is 3. The summed E-state index contributed by atoms with van der Waals surface area (Å²) in [7, 11) is 0. The summed E-state index contributed by atoms with van der Waals surface area (Å²) in [4.78, 5) is 29.4. The molecule has 6 nitrogen and oxygen atoms in total. The molecule has 0 aliphatic carbocycles. The van der Waals surface area contributed by atoms with Gasteiger partial charge < -0.3 is 14.4 Å². The highest BCUT2D eigenvalue weighted by Gasteiger charge is 2.27. The Kier molecular flexibility index (Phi) is 5.17. The fourth-order valence-electron chi connectivity index (χ4n) is 3.51. The molecule has 152 valence electrons. The standard InChI is InChI=1S/C22H24N2O4S/c1-22(2,3)28-21(26)24-10-8-15(9-11-24)27-16-5-6-17-14(12-16)4-7-18-20(17)23-19(13-25)29-18/h4-7,12-13,15H,8-11H2,1-3H3. The van der Waals surface area contributed by atoms with Crippen molar-refractivity contribution in [1.82, 2.24) is 9.88 Å². The number of hydrogen-bond acceptors (Lipinski definition) is 6. The van der Waals surface area contributed by atoms with Crippen molar-refractivity contribution in [1.29, 1.82) is 0 Å². The fourth-order valence-corrected chi connectivity index (χ4v) is 4.31. The molecular weight excluding hydrogens is 388 g/mol. The van der Waals surface area contributed by atoms with Gasteiger partial charge in [-0.15, -0.1) is 11.3 Å². The Morgan fingerprint density at radius 3 is 2.66 bits per heavy atom. The summed E-state index contributed by atoms with van der Waals surface area (Å²) >= 11 is 1.40. The van der Waals surface area contributed by atoms with Crippen molar-refractivity contribution in [2.45, 2.75) is 45.3 Å². The van der Waals surface area contributed by atoms with Crippen LogP contribution < -0.4 is 4.74 Å². The van der Waals surface area contributed by atoms with Gasteiger partial charge in [-0.3, -0.25) is 4.79 Å². The molecule has 7 heteroatoms. The number of nitrogens with zero attached hydrogens (tertiary/aromatic N) is 2. The van der Waals surface area contributed by atoms with E-state index in [4.69, 9.17) is 9.47 Å². The lowest BCUT2D eigenvalue weighted by atomic mass is 10.1. The molecule has 4 rings (SSSR count). The highest BCUT2D eigenvalue weighted by molar-refractivity contribution is 7.20.